The molecule has 5 rings (SSSR count). The van der Waals surface area contributed by atoms with Gasteiger partial charge in [0, 0.05) is 12.4 Å². The summed E-state index contributed by atoms with van der Waals surface area (Å²) in [6.07, 6.45) is 3.01. The van der Waals surface area contributed by atoms with E-state index in [9.17, 15) is 14.0 Å². The summed E-state index contributed by atoms with van der Waals surface area (Å²) in [6.45, 7) is 2.32. The molecule has 4 aromatic rings. The number of aromatic nitrogens is 2. The molecule has 0 radical (unpaired) electrons. The number of carbonyl (C=O) groups excluding carboxylic acids is 1. The lowest BCUT2D eigenvalue weighted by molar-refractivity contribution is 0.0969. The van der Waals surface area contributed by atoms with Gasteiger partial charge in [-0.2, -0.15) is 0 Å². The van der Waals surface area contributed by atoms with Crippen LogP contribution in [0.15, 0.2) is 70.1 Å². The van der Waals surface area contributed by atoms with E-state index in [1.54, 1.807) is 30.3 Å². The zero-order valence-corrected chi connectivity index (χ0v) is 16.4. The van der Waals surface area contributed by atoms with E-state index in [0.29, 0.717) is 17.9 Å². The molecule has 0 saturated carbocycles. The third-order valence-corrected chi connectivity index (χ3v) is 5.08. The van der Waals surface area contributed by atoms with Crippen LogP contribution in [-0.4, -0.2) is 22.5 Å². The van der Waals surface area contributed by atoms with Crippen molar-refractivity contribution in [3.8, 4) is 5.75 Å². The SMILES string of the molecule is CCOc1cccc(C2c3c(oc4ccc(F)cc4c3=O)C(=O)N2c2ncccn2)c1. The van der Waals surface area contributed by atoms with Crippen LogP contribution in [-0.2, 0) is 0 Å². The zero-order valence-electron chi connectivity index (χ0n) is 16.4. The van der Waals surface area contributed by atoms with Crippen LogP contribution >= 0.6 is 0 Å². The van der Waals surface area contributed by atoms with Crippen LogP contribution in [0, 0.1) is 5.82 Å². The van der Waals surface area contributed by atoms with Crippen molar-refractivity contribution in [2.45, 2.75) is 13.0 Å². The molecule has 3 heterocycles. The van der Waals surface area contributed by atoms with Gasteiger partial charge >= 0.3 is 0 Å². The Bertz CT molecular complexity index is 1370. The first-order chi connectivity index (χ1) is 15.1. The van der Waals surface area contributed by atoms with Crippen molar-refractivity contribution in [3.63, 3.8) is 0 Å². The highest BCUT2D eigenvalue weighted by Crippen LogP contribution is 2.40. The van der Waals surface area contributed by atoms with Crippen molar-refractivity contribution in [1.82, 2.24) is 9.97 Å². The number of amides is 1. The van der Waals surface area contributed by atoms with Gasteiger partial charge in [0.25, 0.3) is 5.91 Å². The van der Waals surface area contributed by atoms with Crippen molar-refractivity contribution in [2.75, 3.05) is 11.5 Å². The maximum atomic E-state index is 13.9. The summed E-state index contributed by atoms with van der Waals surface area (Å²) in [7, 11) is 0. The van der Waals surface area contributed by atoms with Crippen LogP contribution in [0.25, 0.3) is 11.0 Å². The lowest BCUT2D eigenvalue weighted by atomic mass is 9.98. The monoisotopic (exact) mass is 417 g/mol. The molecule has 2 aromatic heterocycles. The van der Waals surface area contributed by atoms with E-state index in [1.165, 1.54) is 29.4 Å². The van der Waals surface area contributed by atoms with Gasteiger partial charge < -0.3 is 9.15 Å². The molecule has 1 atom stereocenters. The Morgan fingerprint density at radius 3 is 2.68 bits per heavy atom. The van der Waals surface area contributed by atoms with E-state index < -0.39 is 23.2 Å². The van der Waals surface area contributed by atoms with Crippen LogP contribution in [0.4, 0.5) is 10.3 Å². The number of anilines is 1. The number of benzene rings is 2. The second kappa shape index (κ2) is 7.32. The predicted molar refractivity (Wildman–Crippen MR) is 111 cm³/mol. The summed E-state index contributed by atoms with van der Waals surface area (Å²) in [4.78, 5) is 36.5. The molecule has 31 heavy (non-hydrogen) atoms. The van der Waals surface area contributed by atoms with Crippen molar-refractivity contribution < 1.29 is 18.3 Å². The molecular formula is C23H16FN3O4. The minimum Gasteiger partial charge on any atom is -0.494 e. The molecule has 154 valence electrons. The first kappa shape index (κ1) is 18.9. The fourth-order valence-electron chi connectivity index (χ4n) is 3.82. The van der Waals surface area contributed by atoms with E-state index >= 15 is 0 Å². The molecule has 0 N–H and O–H groups in total. The molecule has 0 saturated heterocycles. The fourth-order valence-corrected chi connectivity index (χ4v) is 3.82. The maximum Gasteiger partial charge on any atom is 0.297 e. The van der Waals surface area contributed by atoms with Crippen LogP contribution in [0.5, 0.6) is 5.75 Å². The lowest BCUT2D eigenvalue weighted by Gasteiger charge is -2.23. The maximum absolute atomic E-state index is 13.9. The summed E-state index contributed by atoms with van der Waals surface area (Å²) in [5.41, 5.74) is 0.392. The number of hydrogen-bond acceptors (Lipinski definition) is 6. The number of rotatable bonds is 4. The van der Waals surface area contributed by atoms with Gasteiger partial charge in [0.1, 0.15) is 17.1 Å². The highest BCUT2D eigenvalue weighted by molar-refractivity contribution is 6.09. The van der Waals surface area contributed by atoms with Gasteiger partial charge in [-0.1, -0.05) is 12.1 Å². The Morgan fingerprint density at radius 1 is 1.10 bits per heavy atom. The smallest absolute Gasteiger partial charge is 0.297 e. The standard InChI is InChI=1S/C23H16FN3O4/c1-2-30-15-6-3-5-13(11-15)19-18-20(28)16-12-14(24)7-8-17(16)31-21(18)22(29)27(19)23-25-9-4-10-26-23/h3-12,19H,2H2,1H3. The highest BCUT2D eigenvalue weighted by Gasteiger charge is 2.45. The Hall–Kier alpha value is -4.07. The molecular weight excluding hydrogens is 401 g/mol. The molecule has 0 fully saturated rings. The minimum absolute atomic E-state index is 0.0633. The molecule has 1 amide bonds. The van der Waals surface area contributed by atoms with Gasteiger partial charge in [0.2, 0.25) is 11.7 Å². The number of ether oxygens (including phenoxy) is 1. The van der Waals surface area contributed by atoms with Crippen molar-refractivity contribution in [1.29, 1.82) is 0 Å². The van der Waals surface area contributed by atoms with E-state index in [4.69, 9.17) is 9.15 Å². The molecule has 1 aliphatic rings. The minimum atomic E-state index is -0.853. The lowest BCUT2D eigenvalue weighted by Crippen LogP contribution is -2.31. The van der Waals surface area contributed by atoms with Crippen LogP contribution in [0.1, 0.15) is 34.6 Å². The number of carbonyl (C=O) groups is 1. The highest BCUT2D eigenvalue weighted by atomic mass is 19.1. The van der Waals surface area contributed by atoms with Gasteiger partial charge in [0.05, 0.1) is 23.6 Å². The van der Waals surface area contributed by atoms with E-state index in [1.807, 2.05) is 6.92 Å². The Morgan fingerprint density at radius 2 is 1.90 bits per heavy atom. The van der Waals surface area contributed by atoms with Gasteiger partial charge in [-0.25, -0.2) is 14.4 Å². The number of nitrogens with zero attached hydrogens (tertiary/aromatic N) is 3. The van der Waals surface area contributed by atoms with E-state index in [-0.39, 0.29) is 28.2 Å². The largest absolute Gasteiger partial charge is 0.494 e. The molecule has 1 aliphatic heterocycles. The first-order valence-electron chi connectivity index (χ1n) is 9.68. The summed E-state index contributed by atoms with van der Waals surface area (Å²) in [5.74, 6) is -0.506. The zero-order chi connectivity index (χ0) is 21.5. The summed E-state index contributed by atoms with van der Waals surface area (Å²) >= 11 is 0. The molecule has 2 aromatic carbocycles. The van der Waals surface area contributed by atoms with Crippen LogP contribution in [0.2, 0.25) is 0 Å². The molecule has 8 heteroatoms. The van der Waals surface area contributed by atoms with Crippen LogP contribution in [0.3, 0.4) is 0 Å². The topological polar surface area (TPSA) is 85.5 Å². The average molecular weight is 417 g/mol. The normalized spacial score (nSPS) is 15.4. The predicted octanol–water partition coefficient (Wildman–Crippen LogP) is 3.87. The van der Waals surface area contributed by atoms with Gasteiger partial charge in [0.15, 0.2) is 5.43 Å². The van der Waals surface area contributed by atoms with Gasteiger partial charge in [-0.15, -0.1) is 0 Å². The van der Waals surface area contributed by atoms with Gasteiger partial charge in [-0.3, -0.25) is 14.5 Å². The number of halogens is 1. The average Bonchev–Trinajstić information content (AvgIpc) is 3.08. The molecule has 0 bridgehead atoms. The van der Waals surface area contributed by atoms with Gasteiger partial charge in [-0.05, 0) is 48.9 Å². The van der Waals surface area contributed by atoms with Crippen molar-refractivity contribution >= 4 is 22.8 Å². The molecule has 7 nitrogen and oxygen atoms in total. The molecule has 0 spiro atoms. The van der Waals surface area contributed by atoms with Crippen molar-refractivity contribution in [2.24, 2.45) is 0 Å². The molecule has 0 aliphatic carbocycles. The number of fused-ring (bicyclic) bond motifs is 2. The van der Waals surface area contributed by atoms with E-state index in [0.717, 1.165) is 6.07 Å². The Kier molecular flexibility index (Phi) is 4.47. The Labute approximate surface area is 175 Å². The van der Waals surface area contributed by atoms with E-state index in [2.05, 4.69) is 9.97 Å². The van der Waals surface area contributed by atoms with Crippen molar-refractivity contribution in [3.05, 3.63) is 93.9 Å². The Balaban J connectivity index is 1.80. The van der Waals surface area contributed by atoms with Crippen LogP contribution < -0.4 is 15.1 Å². The third kappa shape index (κ3) is 3.04. The quantitative estimate of drug-likeness (QED) is 0.501. The molecule has 1 unspecified atom stereocenters. The first-order valence-corrected chi connectivity index (χ1v) is 9.68. The number of hydrogen-bond donors (Lipinski definition) is 0. The summed E-state index contributed by atoms with van der Waals surface area (Å²) in [6, 6.07) is 11.5. The summed E-state index contributed by atoms with van der Waals surface area (Å²) < 4.78 is 25.2. The third-order valence-electron chi connectivity index (χ3n) is 5.08. The summed E-state index contributed by atoms with van der Waals surface area (Å²) in [5, 5.41) is 0.0633. The fraction of sp³-hybridized carbons (Fsp3) is 0.130. The second-order valence-electron chi connectivity index (χ2n) is 6.95. The second-order valence-corrected chi connectivity index (χ2v) is 6.95.